The van der Waals surface area contributed by atoms with E-state index in [9.17, 15) is 17.6 Å². The molecule has 5 heteroatoms. The summed E-state index contributed by atoms with van der Waals surface area (Å²) in [5.74, 6) is -0.759. The highest BCUT2D eigenvalue weighted by Gasteiger charge is 2.36. The van der Waals surface area contributed by atoms with Crippen LogP contribution in [0.5, 0.6) is 5.75 Å². The number of hydrogen-bond donors (Lipinski definition) is 0. The van der Waals surface area contributed by atoms with Crippen molar-refractivity contribution in [3.8, 4) is 5.75 Å². The molecular weight excluding hydrogens is 332 g/mol. The van der Waals surface area contributed by atoms with Gasteiger partial charge >= 0.3 is 6.61 Å². The topological polar surface area (TPSA) is 9.23 Å². The summed E-state index contributed by atoms with van der Waals surface area (Å²) in [6.45, 7) is -1.00. The van der Waals surface area contributed by atoms with Crippen molar-refractivity contribution in [2.24, 2.45) is 17.8 Å². The van der Waals surface area contributed by atoms with Crippen LogP contribution in [0.15, 0.2) is 12.1 Å². The predicted molar refractivity (Wildman–Crippen MR) is 88.8 cm³/mol. The zero-order valence-electron chi connectivity index (χ0n) is 14.6. The second kappa shape index (κ2) is 7.96. The van der Waals surface area contributed by atoms with Crippen LogP contribution < -0.4 is 4.74 Å². The molecule has 1 nitrogen and oxygen atoms in total. The lowest BCUT2D eigenvalue weighted by atomic mass is 9.63. The highest BCUT2D eigenvalue weighted by molar-refractivity contribution is 5.33. The van der Waals surface area contributed by atoms with E-state index in [1.165, 1.54) is 44.2 Å². The Hall–Kier alpha value is -1.26. The Morgan fingerprint density at radius 2 is 1.64 bits per heavy atom. The van der Waals surface area contributed by atoms with Crippen LogP contribution in [0.2, 0.25) is 0 Å². The summed E-state index contributed by atoms with van der Waals surface area (Å²) in [5, 5.41) is 0. The first kappa shape index (κ1) is 18.5. The van der Waals surface area contributed by atoms with Crippen LogP contribution in [0.4, 0.5) is 17.6 Å². The van der Waals surface area contributed by atoms with E-state index in [2.05, 4.69) is 11.7 Å². The molecule has 1 aromatic carbocycles. The van der Waals surface area contributed by atoms with Crippen LogP contribution >= 0.6 is 0 Å². The van der Waals surface area contributed by atoms with Gasteiger partial charge in [-0.3, -0.25) is 0 Å². The lowest BCUT2D eigenvalue weighted by molar-refractivity contribution is -0.0546. The van der Waals surface area contributed by atoms with E-state index in [1.54, 1.807) is 0 Å². The van der Waals surface area contributed by atoms with E-state index in [4.69, 9.17) is 0 Å². The molecule has 2 aliphatic carbocycles. The third-order valence-corrected chi connectivity index (χ3v) is 6.12. The van der Waals surface area contributed by atoms with Gasteiger partial charge in [0, 0.05) is 0 Å². The SMILES string of the molecule is CCC[C@@H]1CC[C@@H]2C[C@H](c3cc(F)c(OC(F)F)c(F)c3)CC[C@@H]2C1. The van der Waals surface area contributed by atoms with E-state index in [1.807, 2.05) is 0 Å². The molecule has 0 aromatic heterocycles. The van der Waals surface area contributed by atoms with Crippen LogP contribution in [0.25, 0.3) is 0 Å². The third kappa shape index (κ3) is 4.29. The maximum Gasteiger partial charge on any atom is 0.387 e. The lowest BCUT2D eigenvalue weighted by Crippen LogP contribution is -2.30. The molecule has 3 rings (SSSR count). The molecule has 0 aliphatic heterocycles. The van der Waals surface area contributed by atoms with Crippen LogP contribution in [0.1, 0.15) is 69.8 Å². The summed E-state index contributed by atoms with van der Waals surface area (Å²) >= 11 is 0. The van der Waals surface area contributed by atoms with Crippen LogP contribution in [0.3, 0.4) is 0 Å². The van der Waals surface area contributed by atoms with Gasteiger partial charge in [-0.15, -0.1) is 0 Å². The highest BCUT2D eigenvalue weighted by Crippen LogP contribution is 2.48. The Labute approximate surface area is 146 Å². The second-order valence-corrected chi connectivity index (χ2v) is 7.69. The van der Waals surface area contributed by atoms with Gasteiger partial charge in [0.15, 0.2) is 17.4 Å². The Balaban J connectivity index is 1.68. The van der Waals surface area contributed by atoms with Gasteiger partial charge in [0.25, 0.3) is 0 Å². The smallest absolute Gasteiger partial charge is 0.387 e. The molecular formula is C20H26F4O. The van der Waals surface area contributed by atoms with Crippen molar-refractivity contribution in [3.05, 3.63) is 29.3 Å². The van der Waals surface area contributed by atoms with E-state index < -0.39 is 24.0 Å². The summed E-state index contributed by atoms with van der Waals surface area (Å²) in [5.41, 5.74) is 0.575. The largest absolute Gasteiger partial charge is 0.429 e. The van der Waals surface area contributed by atoms with Crippen molar-refractivity contribution in [1.82, 2.24) is 0 Å². The monoisotopic (exact) mass is 358 g/mol. The zero-order valence-corrected chi connectivity index (χ0v) is 14.6. The van der Waals surface area contributed by atoms with E-state index in [0.717, 1.165) is 31.1 Å². The first-order valence-electron chi connectivity index (χ1n) is 9.41. The molecule has 2 saturated carbocycles. The van der Waals surface area contributed by atoms with Crippen molar-refractivity contribution in [2.75, 3.05) is 0 Å². The van der Waals surface area contributed by atoms with Crippen molar-refractivity contribution in [3.63, 3.8) is 0 Å². The number of rotatable bonds is 5. The zero-order chi connectivity index (χ0) is 18.0. The molecule has 0 radical (unpaired) electrons. The van der Waals surface area contributed by atoms with Crippen LogP contribution in [0, 0.1) is 29.4 Å². The average Bonchev–Trinajstić information content (AvgIpc) is 2.57. The Morgan fingerprint density at radius 3 is 2.28 bits per heavy atom. The number of halogens is 4. The molecule has 0 bridgehead atoms. The molecule has 25 heavy (non-hydrogen) atoms. The van der Waals surface area contributed by atoms with Crippen LogP contribution in [-0.4, -0.2) is 6.61 Å². The molecule has 4 atom stereocenters. The lowest BCUT2D eigenvalue weighted by Gasteiger charge is -2.42. The van der Waals surface area contributed by atoms with E-state index in [0.29, 0.717) is 11.5 Å². The Bertz CT molecular complexity index is 566. The number of hydrogen-bond acceptors (Lipinski definition) is 1. The molecule has 140 valence electrons. The maximum atomic E-state index is 14.0. The molecule has 2 fully saturated rings. The quantitative estimate of drug-likeness (QED) is 0.534. The number of benzene rings is 1. The van der Waals surface area contributed by atoms with Gasteiger partial charge in [-0.25, -0.2) is 8.78 Å². The molecule has 0 spiro atoms. The fraction of sp³-hybridized carbons (Fsp3) is 0.700. The van der Waals surface area contributed by atoms with Crippen LogP contribution in [-0.2, 0) is 0 Å². The molecule has 0 unspecified atom stereocenters. The van der Waals surface area contributed by atoms with Crippen molar-refractivity contribution in [1.29, 1.82) is 0 Å². The van der Waals surface area contributed by atoms with Crippen molar-refractivity contribution < 1.29 is 22.3 Å². The van der Waals surface area contributed by atoms with E-state index >= 15 is 0 Å². The standard InChI is InChI=1S/C20H26F4O/c1-2-3-12-4-5-14-9-15(7-6-13(14)8-12)16-10-17(21)19(18(22)11-16)25-20(23)24/h10-15,20H,2-9H2,1H3/t12-,13-,14-,15-/m1/s1. The van der Waals surface area contributed by atoms with Crippen molar-refractivity contribution in [2.45, 2.75) is 70.8 Å². The first-order chi connectivity index (χ1) is 12.0. The minimum absolute atomic E-state index is 0.105. The molecule has 0 amide bonds. The van der Waals surface area contributed by atoms with Crippen molar-refractivity contribution >= 4 is 0 Å². The normalized spacial score (nSPS) is 29.5. The molecule has 0 saturated heterocycles. The van der Waals surface area contributed by atoms with Gasteiger partial charge in [0.1, 0.15) is 0 Å². The fourth-order valence-corrected chi connectivity index (χ4v) is 4.98. The highest BCUT2D eigenvalue weighted by atomic mass is 19.3. The maximum absolute atomic E-state index is 14.0. The summed E-state index contributed by atoms with van der Waals surface area (Å²) in [7, 11) is 0. The predicted octanol–water partition coefficient (Wildman–Crippen LogP) is 6.67. The van der Waals surface area contributed by atoms with Gasteiger partial charge in [0.05, 0.1) is 0 Å². The molecule has 1 aromatic rings. The minimum atomic E-state index is -3.23. The summed E-state index contributed by atoms with van der Waals surface area (Å²) in [6, 6.07) is 2.35. The Morgan fingerprint density at radius 1 is 1.00 bits per heavy atom. The Kier molecular flexibility index (Phi) is 5.90. The summed E-state index contributed by atoms with van der Waals surface area (Å²) in [6.07, 6.45) is 9.22. The minimum Gasteiger partial charge on any atom is -0.429 e. The fourth-order valence-electron chi connectivity index (χ4n) is 4.98. The summed E-state index contributed by atoms with van der Waals surface area (Å²) < 4.78 is 56.5. The number of alkyl halides is 2. The molecule has 0 heterocycles. The molecule has 2 aliphatic rings. The number of fused-ring (bicyclic) bond motifs is 1. The molecule has 0 N–H and O–H groups in total. The van der Waals surface area contributed by atoms with Gasteiger partial charge in [0.2, 0.25) is 0 Å². The average molecular weight is 358 g/mol. The van der Waals surface area contributed by atoms with Gasteiger partial charge < -0.3 is 4.74 Å². The second-order valence-electron chi connectivity index (χ2n) is 7.69. The first-order valence-corrected chi connectivity index (χ1v) is 9.41. The third-order valence-electron chi connectivity index (χ3n) is 6.12. The van der Waals surface area contributed by atoms with Gasteiger partial charge in [-0.05, 0) is 73.5 Å². The van der Waals surface area contributed by atoms with Gasteiger partial charge in [-0.2, -0.15) is 8.78 Å². The van der Waals surface area contributed by atoms with Gasteiger partial charge in [-0.1, -0.05) is 26.2 Å². The summed E-state index contributed by atoms with van der Waals surface area (Å²) in [4.78, 5) is 0. The number of ether oxygens (including phenoxy) is 1. The van der Waals surface area contributed by atoms with E-state index in [-0.39, 0.29) is 5.92 Å².